The van der Waals surface area contributed by atoms with Crippen molar-refractivity contribution in [3.05, 3.63) is 59.0 Å². The fourth-order valence-corrected chi connectivity index (χ4v) is 2.55. The molecule has 21 heavy (non-hydrogen) atoms. The third-order valence-corrected chi connectivity index (χ3v) is 3.59. The topological polar surface area (TPSA) is 45.2 Å². The summed E-state index contributed by atoms with van der Waals surface area (Å²) in [7, 11) is 0. The van der Waals surface area contributed by atoms with E-state index in [1.165, 1.54) is 12.3 Å². The lowest BCUT2D eigenvalue weighted by Gasteiger charge is -2.16. The molecule has 4 nitrogen and oxygen atoms in total. The van der Waals surface area contributed by atoms with Crippen molar-refractivity contribution >= 4 is 11.7 Å². The largest absolute Gasteiger partial charge is 0.368 e. The highest BCUT2D eigenvalue weighted by Crippen LogP contribution is 2.25. The summed E-state index contributed by atoms with van der Waals surface area (Å²) in [6.45, 7) is 3.45. The van der Waals surface area contributed by atoms with Crippen molar-refractivity contribution in [2.75, 3.05) is 11.9 Å². The van der Waals surface area contributed by atoms with Crippen LogP contribution in [-0.2, 0) is 13.1 Å². The van der Waals surface area contributed by atoms with Gasteiger partial charge in [-0.15, -0.1) is 0 Å². The molecular weight excluding hydrogens is 269 g/mol. The van der Waals surface area contributed by atoms with E-state index in [-0.39, 0.29) is 17.3 Å². The minimum Gasteiger partial charge on any atom is -0.368 e. The summed E-state index contributed by atoms with van der Waals surface area (Å²) in [4.78, 5) is 18.1. The molecule has 1 aromatic heterocycles. The highest BCUT2D eigenvalue weighted by atomic mass is 19.1. The van der Waals surface area contributed by atoms with Gasteiger partial charge in [0.15, 0.2) is 11.6 Å². The molecule has 1 N–H and O–H groups in total. The molecular formula is C16H16FN3O. The zero-order valence-electron chi connectivity index (χ0n) is 11.8. The van der Waals surface area contributed by atoms with Gasteiger partial charge in [0.1, 0.15) is 0 Å². The molecule has 1 aliphatic heterocycles. The molecule has 0 saturated carbocycles. The van der Waals surface area contributed by atoms with E-state index in [4.69, 9.17) is 0 Å². The van der Waals surface area contributed by atoms with Crippen molar-refractivity contribution < 1.29 is 9.18 Å². The van der Waals surface area contributed by atoms with E-state index in [1.807, 2.05) is 31.2 Å². The summed E-state index contributed by atoms with van der Waals surface area (Å²) in [6, 6.07) is 9.32. The second kappa shape index (κ2) is 5.52. The number of rotatable bonds is 3. The van der Waals surface area contributed by atoms with E-state index in [0.29, 0.717) is 19.6 Å². The Morgan fingerprint density at radius 2 is 1.95 bits per heavy atom. The first-order chi connectivity index (χ1) is 10.2. The number of hydrogen-bond donors (Lipinski definition) is 1. The Labute approximate surface area is 122 Å². The van der Waals surface area contributed by atoms with E-state index in [0.717, 1.165) is 11.1 Å². The minimum absolute atomic E-state index is 0.0637. The Morgan fingerprint density at radius 1 is 1.29 bits per heavy atom. The maximum absolute atomic E-state index is 14.3. The summed E-state index contributed by atoms with van der Waals surface area (Å²) in [6.07, 6.45) is 1.46. The predicted molar refractivity (Wildman–Crippen MR) is 78.4 cm³/mol. The Balaban J connectivity index is 1.86. The number of nitrogens with one attached hydrogen (secondary N) is 1. The molecule has 0 bridgehead atoms. The third-order valence-electron chi connectivity index (χ3n) is 3.59. The number of fused-ring (bicyclic) bond motifs is 1. The van der Waals surface area contributed by atoms with Crippen LogP contribution in [0.1, 0.15) is 28.4 Å². The zero-order chi connectivity index (χ0) is 14.8. The molecule has 0 unspecified atom stereocenters. The van der Waals surface area contributed by atoms with Crippen LogP contribution in [0.4, 0.5) is 10.2 Å². The lowest BCUT2D eigenvalue weighted by molar-refractivity contribution is 0.0746. The van der Waals surface area contributed by atoms with Gasteiger partial charge in [-0.2, -0.15) is 0 Å². The molecule has 108 valence electrons. The van der Waals surface area contributed by atoms with Gasteiger partial charge in [-0.25, -0.2) is 9.37 Å². The van der Waals surface area contributed by atoms with Crippen LogP contribution >= 0.6 is 0 Å². The number of amides is 1. The molecule has 0 aliphatic carbocycles. The number of carbonyl (C=O) groups is 1. The summed E-state index contributed by atoms with van der Waals surface area (Å²) < 4.78 is 14.3. The van der Waals surface area contributed by atoms with Crippen molar-refractivity contribution in [1.29, 1.82) is 0 Å². The number of pyridine rings is 1. The highest BCUT2D eigenvalue weighted by Gasteiger charge is 2.26. The number of benzene rings is 1. The van der Waals surface area contributed by atoms with Crippen molar-refractivity contribution in [3.63, 3.8) is 0 Å². The van der Waals surface area contributed by atoms with Crippen LogP contribution in [0.5, 0.6) is 0 Å². The van der Waals surface area contributed by atoms with Crippen LogP contribution in [-0.4, -0.2) is 22.3 Å². The van der Waals surface area contributed by atoms with Crippen molar-refractivity contribution in [1.82, 2.24) is 9.88 Å². The third kappa shape index (κ3) is 2.46. The number of hydrogen-bond acceptors (Lipinski definition) is 3. The maximum Gasteiger partial charge on any atom is 0.257 e. The standard InChI is InChI=1S/C16H16FN3O/c1-2-18-15-14(17)13(7-8-19-15)16(21)20-9-11-5-3-4-6-12(11)10-20/h3-8H,2,9-10H2,1H3,(H,18,19). The first kappa shape index (κ1) is 13.5. The van der Waals surface area contributed by atoms with E-state index in [1.54, 1.807) is 4.90 Å². The van der Waals surface area contributed by atoms with Crippen LogP contribution < -0.4 is 5.32 Å². The molecule has 0 fully saturated rings. The Bertz CT molecular complexity index is 662. The Kier molecular flexibility index (Phi) is 3.56. The quantitative estimate of drug-likeness (QED) is 0.943. The molecule has 5 heteroatoms. The maximum atomic E-state index is 14.3. The predicted octanol–water partition coefficient (Wildman–Crippen LogP) is 2.81. The fraction of sp³-hybridized carbons (Fsp3) is 0.250. The molecule has 0 spiro atoms. The molecule has 3 rings (SSSR count). The van der Waals surface area contributed by atoms with Crippen LogP contribution in [0, 0.1) is 5.82 Å². The fourth-order valence-electron chi connectivity index (χ4n) is 2.55. The first-order valence-corrected chi connectivity index (χ1v) is 6.95. The van der Waals surface area contributed by atoms with Gasteiger partial charge in [-0.1, -0.05) is 24.3 Å². The molecule has 1 aliphatic rings. The molecule has 2 aromatic rings. The van der Waals surface area contributed by atoms with Gasteiger partial charge >= 0.3 is 0 Å². The number of aromatic nitrogens is 1. The normalized spacial score (nSPS) is 13.1. The minimum atomic E-state index is -0.583. The van der Waals surface area contributed by atoms with Crippen LogP contribution in [0.15, 0.2) is 36.5 Å². The van der Waals surface area contributed by atoms with Crippen LogP contribution in [0.2, 0.25) is 0 Å². The molecule has 1 aromatic carbocycles. The summed E-state index contributed by atoms with van der Waals surface area (Å²) in [5, 5.41) is 2.82. The SMILES string of the molecule is CCNc1nccc(C(=O)N2Cc3ccccc3C2)c1F. The number of nitrogens with zero attached hydrogens (tertiary/aromatic N) is 2. The van der Waals surface area contributed by atoms with Crippen molar-refractivity contribution in [3.8, 4) is 0 Å². The average molecular weight is 285 g/mol. The molecule has 2 heterocycles. The summed E-state index contributed by atoms with van der Waals surface area (Å²) in [5.41, 5.74) is 2.30. The summed E-state index contributed by atoms with van der Waals surface area (Å²) >= 11 is 0. The number of carbonyl (C=O) groups excluding carboxylic acids is 1. The van der Waals surface area contributed by atoms with E-state index < -0.39 is 5.82 Å². The van der Waals surface area contributed by atoms with Gasteiger partial charge in [0.05, 0.1) is 5.56 Å². The van der Waals surface area contributed by atoms with Gasteiger partial charge in [0, 0.05) is 25.8 Å². The Morgan fingerprint density at radius 3 is 2.57 bits per heavy atom. The van der Waals surface area contributed by atoms with Gasteiger partial charge < -0.3 is 10.2 Å². The number of halogens is 1. The molecule has 0 atom stereocenters. The van der Waals surface area contributed by atoms with Gasteiger partial charge in [-0.05, 0) is 24.1 Å². The lowest BCUT2D eigenvalue weighted by Crippen LogP contribution is -2.26. The van der Waals surface area contributed by atoms with Crippen LogP contribution in [0.3, 0.4) is 0 Å². The van der Waals surface area contributed by atoms with Gasteiger partial charge in [0.2, 0.25) is 0 Å². The van der Waals surface area contributed by atoms with Crippen molar-refractivity contribution in [2.24, 2.45) is 0 Å². The lowest BCUT2D eigenvalue weighted by atomic mass is 10.1. The van der Waals surface area contributed by atoms with Gasteiger partial charge in [-0.3, -0.25) is 4.79 Å². The highest BCUT2D eigenvalue weighted by molar-refractivity contribution is 5.95. The molecule has 1 amide bonds. The second-order valence-electron chi connectivity index (χ2n) is 4.98. The van der Waals surface area contributed by atoms with E-state index >= 15 is 0 Å². The van der Waals surface area contributed by atoms with Crippen molar-refractivity contribution in [2.45, 2.75) is 20.0 Å². The van der Waals surface area contributed by atoms with Crippen LogP contribution in [0.25, 0.3) is 0 Å². The van der Waals surface area contributed by atoms with E-state index in [9.17, 15) is 9.18 Å². The second-order valence-corrected chi connectivity index (χ2v) is 4.98. The monoisotopic (exact) mass is 285 g/mol. The Hall–Kier alpha value is -2.43. The number of anilines is 1. The smallest absolute Gasteiger partial charge is 0.257 e. The zero-order valence-corrected chi connectivity index (χ0v) is 11.8. The van der Waals surface area contributed by atoms with Gasteiger partial charge in [0.25, 0.3) is 5.91 Å². The molecule has 0 radical (unpaired) electrons. The first-order valence-electron chi connectivity index (χ1n) is 6.95. The summed E-state index contributed by atoms with van der Waals surface area (Å²) in [5.74, 6) is -0.759. The molecule has 0 saturated heterocycles. The van der Waals surface area contributed by atoms with E-state index in [2.05, 4.69) is 10.3 Å². The average Bonchev–Trinajstić information content (AvgIpc) is 2.93.